The Balaban J connectivity index is 1.60. The van der Waals surface area contributed by atoms with Crippen LogP contribution >= 0.6 is 0 Å². The van der Waals surface area contributed by atoms with Crippen LogP contribution in [0, 0.1) is 0 Å². The Morgan fingerprint density at radius 3 is 2.19 bits per heavy atom. The number of anilines is 1. The number of para-hydroxylation sites is 1. The second-order valence-electron chi connectivity index (χ2n) is 7.26. The number of hydrogen-bond donors (Lipinski definition) is 0. The molecule has 1 fully saturated rings. The van der Waals surface area contributed by atoms with Crippen LogP contribution < -0.4 is 4.90 Å². The van der Waals surface area contributed by atoms with Gasteiger partial charge in [-0.25, -0.2) is 0 Å². The zero-order valence-corrected chi connectivity index (χ0v) is 16.0. The summed E-state index contributed by atoms with van der Waals surface area (Å²) in [4.78, 5) is 17.0. The van der Waals surface area contributed by atoms with E-state index in [0.29, 0.717) is 18.4 Å². The Labute approximate surface area is 157 Å². The van der Waals surface area contributed by atoms with E-state index >= 15 is 0 Å². The van der Waals surface area contributed by atoms with Crippen LogP contribution in [-0.2, 0) is 4.79 Å². The first kappa shape index (κ1) is 18.7. The van der Waals surface area contributed by atoms with E-state index in [9.17, 15) is 4.79 Å². The van der Waals surface area contributed by atoms with Gasteiger partial charge < -0.3 is 4.90 Å². The van der Waals surface area contributed by atoms with Gasteiger partial charge in [-0.05, 0) is 56.5 Å². The Bertz CT molecular complexity index is 678. The van der Waals surface area contributed by atoms with Gasteiger partial charge in [-0.1, -0.05) is 55.5 Å². The lowest BCUT2D eigenvalue weighted by Crippen LogP contribution is -2.47. The van der Waals surface area contributed by atoms with Crippen molar-refractivity contribution in [2.75, 3.05) is 24.5 Å². The smallest absolute Gasteiger partial charge is 0.226 e. The zero-order chi connectivity index (χ0) is 18.4. The molecule has 1 saturated heterocycles. The van der Waals surface area contributed by atoms with Crippen molar-refractivity contribution in [2.45, 2.75) is 45.1 Å². The quantitative estimate of drug-likeness (QED) is 0.754. The van der Waals surface area contributed by atoms with Crippen LogP contribution in [-0.4, -0.2) is 36.5 Å². The Morgan fingerprint density at radius 2 is 1.62 bits per heavy atom. The molecule has 3 heteroatoms. The van der Waals surface area contributed by atoms with Crippen LogP contribution in [0.4, 0.5) is 5.69 Å². The highest BCUT2D eigenvalue weighted by molar-refractivity contribution is 5.93. The Kier molecular flexibility index (Phi) is 6.45. The van der Waals surface area contributed by atoms with Gasteiger partial charge in [-0.15, -0.1) is 0 Å². The summed E-state index contributed by atoms with van der Waals surface area (Å²) in [6.45, 7) is 7.15. The van der Waals surface area contributed by atoms with E-state index in [1.165, 1.54) is 18.4 Å². The van der Waals surface area contributed by atoms with Crippen LogP contribution in [0.1, 0.15) is 44.6 Å². The third-order valence-electron chi connectivity index (χ3n) is 5.54. The minimum atomic E-state index is 0.197. The molecule has 2 aromatic rings. The van der Waals surface area contributed by atoms with Crippen molar-refractivity contribution in [1.82, 2.24) is 4.90 Å². The van der Waals surface area contributed by atoms with Crippen LogP contribution in [0.15, 0.2) is 60.7 Å². The first-order valence-corrected chi connectivity index (χ1v) is 9.83. The van der Waals surface area contributed by atoms with Crippen molar-refractivity contribution in [3.05, 3.63) is 66.2 Å². The lowest BCUT2D eigenvalue weighted by atomic mass is 9.89. The predicted octanol–water partition coefficient (Wildman–Crippen LogP) is 4.70. The normalized spacial score (nSPS) is 17.0. The maximum Gasteiger partial charge on any atom is 0.226 e. The van der Waals surface area contributed by atoms with Gasteiger partial charge in [0, 0.05) is 24.7 Å². The Morgan fingerprint density at radius 1 is 1.04 bits per heavy atom. The molecular weight excluding hydrogens is 320 g/mol. The molecule has 1 aliphatic heterocycles. The van der Waals surface area contributed by atoms with Gasteiger partial charge in [0.15, 0.2) is 0 Å². The fourth-order valence-electron chi connectivity index (χ4n) is 3.93. The Hall–Kier alpha value is -2.13. The molecule has 0 bridgehead atoms. The van der Waals surface area contributed by atoms with E-state index in [1.54, 1.807) is 0 Å². The first-order valence-electron chi connectivity index (χ1n) is 9.83. The zero-order valence-electron chi connectivity index (χ0n) is 16.0. The SMILES string of the molecule is CCC(=O)N(CC(C)N1CCC(c2ccccc2)CC1)c1ccccc1. The summed E-state index contributed by atoms with van der Waals surface area (Å²) in [7, 11) is 0. The number of rotatable bonds is 6. The highest BCUT2D eigenvalue weighted by atomic mass is 16.2. The second kappa shape index (κ2) is 9.00. The molecule has 1 atom stereocenters. The largest absolute Gasteiger partial charge is 0.311 e. The summed E-state index contributed by atoms with van der Waals surface area (Å²) in [5.41, 5.74) is 2.47. The van der Waals surface area contributed by atoms with Crippen molar-refractivity contribution < 1.29 is 4.79 Å². The van der Waals surface area contributed by atoms with Gasteiger partial charge in [0.05, 0.1) is 0 Å². The minimum Gasteiger partial charge on any atom is -0.311 e. The fourth-order valence-corrected chi connectivity index (χ4v) is 3.93. The molecule has 3 nitrogen and oxygen atoms in total. The van der Waals surface area contributed by atoms with Crippen molar-refractivity contribution in [2.24, 2.45) is 0 Å². The van der Waals surface area contributed by atoms with Gasteiger partial charge in [-0.2, -0.15) is 0 Å². The topological polar surface area (TPSA) is 23.6 Å². The summed E-state index contributed by atoms with van der Waals surface area (Å²) in [6.07, 6.45) is 2.93. The number of benzene rings is 2. The average Bonchev–Trinajstić information content (AvgIpc) is 2.72. The van der Waals surface area contributed by atoms with Gasteiger partial charge in [0.2, 0.25) is 5.91 Å². The third kappa shape index (κ3) is 4.53. The molecule has 2 aromatic carbocycles. The summed E-state index contributed by atoms with van der Waals surface area (Å²) >= 11 is 0. The highest BCUT2D eigenvalue weighted by Gasteiger charge is 2.26. The monoisotopic (exact) mass is 350 g/mol. The summed E-state index contributed by atoms with van der Waals surface area (Å²) < 4.78 is 0. The van der Waals surface area contributed by atoms with Crippen LogP contribution in [0.25, 0.3) is 0 Å². The van der Waals surface area contributed by atoms with E-state index in [1.807, 2.05) is 42.2 Å². The molecule has 1 amide bonds. The second-order valence-corrected chi connectivity index (χ2v) is 7.26. The van der Waals surface area contributed by atoms with Crippen LogP contribution in [0.3, 0.4) is 0 Å². The average molecular weight is 351 g/mol. The molecule has 0 aliphatic carbocycles. The maximum absolute atomic E-state index is 12.5. The van der Waals surface area contributed by atoms with E-state index < -0.39 is 0 Å². The number of nitrogens with zero attached hydrogens (tertiary/aromatic N) is 2. The van der Waals surface area contributed by atoms with E-state index in [2.05, 4.69) is 42.2 Å². The molecule has 1 aliphatic rings. The van der Waals surface area contributed by atoms with Gasteiger partial charge in [0.1, 0.15) is 0 Å². The van der Waals surface area contributed by atoms with Gasteiger partial charge in [0.25, 0.3) is 0 Å². The van der Waals surface area contributed by atoms with Crippen molar-refractivity contribution in [3.63, 3.8) is 0 Å². The van der Waals surface area contributed by atoms with E-state index in [4.69, 9.17) is 0 Å². The summed E-state index contributed by atoms with van der Waals surface area (Å²) in [6, 6.07) is 21.3. The molecule has 0 aromatic heterocycles. The maximum atomic E-state index is 12.5. The van der Waals surface area contributed by atoms with Crippen LogP contribution in [0.5, 0.6) is 0 Å². The van der Waals surface area contributed by atoms with Crippen molar-refractivity contribution in [3.8, 4) is 0 Å². The molecule has 1 unspecified atom stereocenters. The molecule has 0 N–H and O–H groups in total. The number of carbonyl (C=O) groups is 1. The first-order chi connectivity index (χ1) is 12.7. The molecule has 26 heavy (non-hydrogen) atoms. The van der Waals surface area contributed by atoms with E-state index in [0.717, 1.165) is 25.3 Å². The highest BCUT2D eigenvalue weighted by Crippen LogP contribution is 2.29. The van der Waals surface area contributed by atoms with Crippen LogP contribution in [0.2, 0.25) is 0 Å². The standard InChI is InChI=1S/C23H30N2O/c1-3-23(26)25(22-12-8-5-9-13-22)18-19(2)24-16-14-21(15-17-24)20-10-6-4-7-11-20/h4-13,19,21H,3,14-18H2,1-2H3. The fraction of sp³-hybridized carbons (Fsp3) is 0.435. The molecule has 1 heterocycles. The number of carbonyl (C=O) groups excluding carboxylic acids is 1. The third-order valence-corrected chi connectivity index (χ3v) is 5.54. The summed E-state index contributed by atoms with van der Waals surface area (Å²) in [5.74, 6) is 0.865. The van der Waals surface area contributed by atoms with Gasteiger partial charge in [-0.3, -0.25) is 9.69 Å². The van der Waals surface area contributed by atoms with Crippen molar-refractivity contribution in [1.29, 1.82) is 0 Å². The number of piperidine rings is 1. The van der Waals surface area contributed by atoms with Crippen molar-refractivity contribution >= 4 is 11.6 Å². The number of hydrogen-bond acceptors (Lipinski definition) is 2. The molecule has 0 spiro atoms. The molecule has 0 saturated carbocycles. The lowest BCUT2D eigenvalue weighted by molar-refractivity contribution is -0.118. The molecule has 138 valence electrons. The molecular formula is C23H30N2O. The number of amides is 1. The minimum absolute atomic E-state index is 0.197. The number of likely N-dealkylation sites (tertiary alicyclic amines) is 1. The molecule has 0 radical (unpaired) electrons. The predicted molar refractivity (Wildman–Crippen MR) is 109 cm³/mol. The van der Waals surface area contributed by atoms with E-state index in [-0.39, 0.29) is 5.91 Å². The lowest BCUT2D eigenvalue weighted by Gasteiger charge is -2.38. The van der Waals surface area contributed by atoms with Gasteiger partial charge >= 0.3 is 0 Å². The summed E-state index contributed by atoms with van der Waals surface area (Å²) in [5, 5.41) is 0. The molecule has 3 rings (SSSR count).